The number of non-ortho nitro benzene ring substituents is 1. The number of amides is 1. The van der Waals surface area contributed by atoms with E-state index in [0.717, 1.165) is 13.1 Å². The first-order valence-corrected chi connectivity index (χ1v) is 8.18. The summed E-state index contributed by atoms with van der Waals surface area (Å²) in [5.41, 5.74) is 0.738. The number of benzene rings is 1. The summed E-state index contributed by atoms with van der Waals surface area (Å²) in [6.07, 6.45) is 2.58. The van der Waals surface area contributed by atoms with Gasteiger partial charge in [-0.25, -0.2) is 0 Å². The van der Waals surface area contributed by atoms with E-state index in [1.807, 2.05) is 0 Å². The third kappa shape index (κ3) is 3.82. The van der Waals surface area contributed by atoms with Gasteiger partial charge in [-0.05, 0) is 18.9 Å². The summed E-state index contributed by atoms with van der Waals surface area (Å²) < 4.78 is 5.78. The minimum absolute atomic E-state index is 0.0482. The van der Waals surface area contributed by atoms with Gasteiger partial charge in [0.25, 0.3) is 11.6 Å². The van der Waals surface area contributed by atoms with Gasteiger partial charge in [0, 0.05) is 50.5 Å². The zero-order valence-electron chi connectivity index (χ0n) is 13.7. The zero-order chi connectivity index (χ0) is 17.1. The van der Waals surface area contributed by atoms with Gasteiger partial charge < -0.3 is 15.4 Å². The number of hydrogen-bond acceptors (Lipinski definition) is 6. The molecular formula is C16H22N4O4. The van der Waals surface area contributed by atoms with Crippen LogP contribution in [0.4, 0.5) is 11.4 Å². The molecule has 3 rings (SSSR count). The fourth-order valence-electron chi connectivity index (χ4n) is 2.98. The Morgan fingerprint density at radius 2 is 2.25 bits per heavy atom. The average molecular weight is 334 g/mol. The normalized spacial score (nSPS) is 21.3. The molecule has 1 heterocycles. The van der Waals surface area contributed by atoms with Gasteiger partial charge in [0.05, 0.1) is 23.2 Å². The summed E-state index contributed by atoms with van der Waals surface area (Å²) in [4.78, 5) is 24.9. The van der Waals surface area contributed by atoms with Crippen LogP contribution in [0.5, 0.6) is 0 Å². The van der Waals surface area contributed by atoms with Crippen molar-refractivity contribution >= 4 is 17.3 Å². The highest BCUT2D eigenvalue weighted by atomic mass is 16.6. The van der Waals surface area contributed by atoms with Gasteiger partial charge in [-0.3, -0.25) is 19.8 Å². The van der Waals surface area contributed by atoms with E-state index >= 15 is 0 Å². The van der Waals surface area contributed by atoms with Gasteiger partial charge >= 0.3 is 0 Å². The maximum atomic E-state index is 12.0. The molecule has 1 aromatic carbocycles. The molecule has 24 heavy (non-hydrogen) atoms. The van der Waals surface area contributed by atoms with Crippen molar-refractivity contribution in [1.82, 2.24) is 10.2 Å². The zero-order valence-corrected chi connectivity index (χ0v) is 13.7. The maximum absolute atomic E-state index is 12.0. The molecule has 1 saturated carbocycles. The fourth-order valence-corrected chi connectivity index (χ4v) is 2.98. The van der Waals surface area contributed by atoms with Crippen LogP contribution in [0, 0.1) is 10.1 Å². The lowest BCUT2D eigenvalue weighted by Crippen LogP contribution is -2.46. The van der Waals surface area contributed by atoms with Gasteiger partial charge in [0.1, 0.15) is 0 Å². The molecule has 2 N–H and O–H groups in total. The first-order chi connectivity index (χ1) is 11.6. The van der Waals surface area contributed by atoms with E-state index in [0.29, 0.717) is 24.9 Å². The molecule has 0 bridgehead atoms. The van der Waals surface area contributed by atoms with Crippen LogP contribution in [0.1, 0.15) is 23.2 Å². The van der Waals surface area contributed by atoms with Crippen molar-refractivity contribution in [2.45, 2.75) is 25.0 Å². The fraction of sp³-hybridized carbons (Fsp3) is 0.562. The summed E-state index contributed by atoms with van der Waals surface area (Å²) in [6, 6.07) is 4.97. The molecule has 0 spiro atoms. The Morgan fingerprint density at radius 1 is 1.46 bits per heavy atom. The molecule has 1 saturated heterocycles. The first kappa shape index (κ1) is 16.7. The van der Waals surface area contributed by atoms with E-state index in [4.69, 9.17) is 4.74 Å². The van der Waals surface area contributed by atoms with E-state index in [1.165, 1.54) is 32.0 Å². The monoisotopic (exact) mass is 334 g/mol. The number of morpholine rings is 1. The molecule has 1 aliphatic heterocycles. The van der Waals surface area contributed by atoms with E-state index in [-0.39, 0.29) is 23.3 Å². The van der Waals surface area contributed by atoms with Crippen LogP contribution in [0.15, 0.2) is 18.2 Å². The Balaban J connectivity index is 1.67. The van der Waals surface area contributed by atoms with Crippen molar-refractivity contribution in [3.63, 3.8) is 0 Å². The van der Waals surface area contributed by atoms with Crippen LogP contribution in [0.3, 0.4) is 0 Å². The van der Waals surface area contributed by atoms with Crippen molar-refractivity contribution in [3.8, 4) is 0 Å². The molecule has 130 valence electrons. The Hall–Kier alpha value is -2.19. The molecular weight excluding hydrogens is 312 g/mol. The highest BCUT2D eigenvalue weighted by Crippen LogP contribution is 2.28. The summed E-state index contributed by atoms with van der Waals surface area (Å²) >= 11 is 0. The lowest BCUT2D eigenvalue weighted by Gasteiger charge is -2.33. The Labute approximate surface area is 140 Å². The van der Waals surface area contributed by atoms with Gasteiger partial charge in [0.15, 0.2) is 0 Å². The number of hydrogen-bond donors (Lipinski definition) is 2. The number of nitrogens with one attached hydrogen (secondary N) is 2. The Kier molecular flexibility index (Phi) is 4.96. The summed E-state index contributed by atoms with van der Waals surface area (Å²) in [7, 11) is 1.50. The van der Waals surface area contributed by atoms with Crippen molar-refractivity contribution in [2.75, 3.05) is 38.6 Å². The summed E-state index contributed by atoms with van der Waals surface area (Å²) in [6.45, 7) is 3.12. The third-order valence-electron chi connectivity index (χ3n) is 4.44. The van der Waals surface area contributed by atoms with E-state index in [2.05, 4.69) is 15.5 Å². The van der Waals surface area contributed by atoms with Crippen LogP contribution < -0.4 is 10.6 Å². The minimum Gasteiger partial charge on any atom is -0.382 e. The number of anilines is 1. The van der Waals surface area contributed by atoms with Crippen molar-refractivity contribution in [2.24, 2.45) is 0 Å². The molecule has 1 atom stereocenters. The van der Waals surface area contributed by atoms with Crippen LogP contribution in [0.25, 0.3) is 0 Å². The smallest absolute Gasteiger partial charge is 0.270 e. The second kappa shape index (κ2) is 7.14. The summed E-state index contributed by atoms with van der Waals surface area (Å²) in [5, 5.41) is 16.6. The Morgan fingerprint density at radius 3 is 2.92 bits per heavy atom. The van der Waals surface area contributed by atoms with Crippen LogP contribution in [0.2, 0.25) is 0 Å². The molecule has 1 aromatic rings. The molecule has 2 fully saturated rings. The quantitative estimate of drug-likeness (QED) is 0.600. The van der Waals surface area contributed by atoms with Gasteiger partial charge in [-0.2, -0.15) is 0 Å². The molecule has 2 aliphatic rings. The SMILES string of the molecule is CNC(=O)c1cc([N+](=O)[O-])ccc1NCC1CN(C2CC2)CCO1. The van der Waals surface area contributed by atoms with Crippen LogP contribution in [-0.4, -0.2) is 61.2 Å². The van der Waals surface area contributed by atoms with Gasteiger partial charge in [0.2, 0.25) is 0 Å². The van der Waals surface area contributed by atoms with E-state index in [1.54, 1.807) is 6.07 Å². The highest BCUT2D eigenvalue weighted by Gasteiger charge is 2.32. The van der Waals surface area contributed by atoms with Gasteiger partial charge in [-0.1, -0.05) is 0 Å². The van der Waals surface area contributed by atoms with Crippen molar-refractivity contribution < 1.29 is 14.5 Å². The Bertz CT molecular complexity index is 633. The molecule has 1 unspecified atom stereocenters. The largest absolute Gasteiger partial charge is 0.382 e. The lowest BCUT2D eigenvalue weighted by molar-refractivity contribution is -0.384. The standard InChI is InChI=1S/C16H22N4O4/c1-17-16(21)14-8-12(20(22)23)4-5-15(14)18-9-13-10-19(6-7-24-13)11-2-3-11/h4-5,8,11,13,18H,2-3,6-7,9-10H2,1H3,(H,17,21). The number of ether oxygens (including phenoxy) is 1. The molecule has 0 aromatic heterocycles. The first-order valence-electron chi connectivity index (χ1n) is 8.18. The predicted molar refractivity (Wildman–Crippen MR) is 89.3 cm³/mol. The van der Waals surface area contributed by atoms with Crippen LogP contribution >= 0.6 is 0 Å². The van der Waals surface area contributed by atoms with E-state index < -0.39 is 4.92 Å². The molecule has 8 heteroatoms. The molecule has 1 amide bonds. The van der Waals surface area contributed by atoms with Crippen molar-refractivity contribution in [3.05, 3.63) is 33.9 Å². The average Bonchev–Trinajstić information content (AvgIpc) is 3.44. The molecule has 1 aliphatic carbocycles. The number of rotatable bonds is 6. The number of nitro benzene ring substituents is 1. The summed E-state index contributed by atoms with van der Waals surface area (Å²) in [5.74, 6) is -0.356. The number of carbonyl (C=O) groups is 1. The number of carbonyl (C=O) groups excluding carboxylic acids is 1. The second-order valence-corrected chi connectivity index (χ2v) is 6.17. The molecule has 8 nitrogen and oxygen atoms in total. The van der Waals surface area contributed by atoms with E-state index in [9.17, 15) is 14.9 Å². The number of nitrogens with zero attached hydrogens (tertiary/aromatic N) is 2. The lowest BCUT2D eigenvalue weighted by atomic mass is 10.1. The van der Waals surface area contributed by atoms with Gasteiger partial charge in [-0.15, -0.1) is 0 Å². The number of nitro groups is 1. The van der Waals surface area contributed by atoms with Crippen LogP contribution in [-0.2, 0) is 4.74 Å². The minimum atomic E-state index is -0.506. The van der Waals surface area contributed by atoms with Crippen molar-refractivity contribution in [1.29, 1.82) is 0 Å². The molecule has 0 radical (unpaired) electrons. The predicted octanol–water partition coefficient (Wildman–Crippen LogP) is 1.23. The highest BCUT2D eigenvalue weighted by molar-refractivity contribution is 6.00. The topological polar surface area (TPSA) is 96.7 Å². The third-order valence-corrected chi connectivity index (χ3v) is 4.44. The second-order valence-electron chi connectivity index (χ2n) is 6.17. The maximum Gasteiger partial charge on any atom is 0.270 e.